The van der Waals surface area contributed by atoms with Crippen molar-refractivity contribution >= 4 is 34.5 Å². The minimum Gasteiger partial charge on any atom is -0.383 e. The van der Waals surface area contributed by atoms with Crippen LogP contribution in [0.5, 0.6) is 0 Å². The monoisotopic (exact) mass is 515 g/mol. The average molecular weight is 516 g/mol. The van der Waals surface area contributed by atoms with Gasteiger partial charge in [0.25, 0.3) is 5.91 Å². The number of nitrogen functional groups attached to an aromatic ring is 1. The molecule has 0 spiro atoms. The summed E-state index contributed by atoms with van der Waals surface area (Å²) in [6.07, 6.45) is 4.89. The van der Waals surface area contributed by atoms with Crippen LogP contribution in [0.3, 0.4) is 0 Å². The molecule has 1 aromatic carbocycles. The predicted molar refractivity (Wildman–Crippen MR) is 141 cm³/mol. The minimum absolute atomic E-state index is 0.0825. The second-order valence-electron chi connectivity index (χ2n) is 9.38. The molecule has 3 aromatic heterocycles. The van der Waals surface area contributed by atoms with E-state index in [-0.39, 0.29) is 24.3 Å². The number of carbonyl (C=O) groups is 2. The lowest BCUT2D eigenvalue weighted by Crippen LogP contribution is -2.25. The molecular weight excluding hydrogens is 486 g/mol. The van der Waals surface area contributed by atoms with E-state index in [1.807, 2.05) is 35.9 Å². The van der Waals surface area contributed by atoms with E-state index >= 15 is 0 Å². The Morgan fingerprint density at radius 1 is 1.16 bits per heavy atom. The van der Waals surface area contributed by atoms with Crippen LogP contribution in [0.15, 0.2) is 48.9 Å². The summed E-state index contributed by atoms with van der Waals surface area (Å²) in [5.74, 6) is 0.200. The molecule has 0 bridgehead atoms. The van der Waals surface area contributed by atoms with E-state index in [0.29, 0.717) is 40.3 Å². The van der Waals surface area contributed by atoms with E-state index in [1.165, 1.54) is 6.33 Å². The number of hydrogen-bond acceptors (Lipinski definition) is 9. The summed E-state index contributed by atoms with van der Waals surface area (Å²) in [6.45, 7) is 4.30. The van der Waals surface area contributed by atoms with Gasteiger partial charge in [-0.2, -0.15) is 5.10 Å². The number of rotatable bonds is 8. The number of nitrogens with one attached hydrogen (secondary N) is 2. The summed E-state index contributed by atoms with van der Waals surface area (Å²) in [5.41, 5.74) is 11.6. The number of pyridine rings is 1. The zero-order valence-corrected chi connectivity index (χ0v) is 21.0. The highest BCUT2D eigenvalue weighted by Crippen LogP contribution is 2.34. The molecule has 1 saturated heterocycles. The number of likely N-dealkylation sites (tertiary alicyclic amines) is 1. The molecule has 1 unspecified atom stereocenters. The molecule has 2 amide bonds. The highest BCUT2D eigenvalue weighted by Gasteiger charge is 2.28. The fourth-order valence-electron chi connectivity index (χ4n) is 4.76. The number of aryl methyl sites for hydroxylation is 1. The zero-order chi connectivity index (χ0) is 26.6. The highest BCUT2D eigenvalue weighted by molar-refractivity contribution is 6.04. The van der Waals surface area contributed by atoms with Crippen molar-refractivity contribution < 1.29 is 14.8 Å². The molecule has 4 aromatic rings. The van der Waals surface area contributed by atoms with E-state index < -0.39 is 0 Å². The average Bonchev–Trinajstić information content (AvgIpc) is 3.54. The van der Waals surface area contributed by atoms with Gasteiger partial charge >= 0.3 is 0 Å². The molecule has 12 nitrogen and oxygen atoms in total. The quantitative estimate of drug-likeness (QED) is 0.204. The molecule has 1 aliphatic rings. The van der Waals surface area contributed by atoms with Gasteiger partial charge < -0.3 is 16.0 Å². The molecule has 5 N–H and O–H groups in total. The molecule has 5 rings (SSSR count). The van der Waals surface area contributed by atoms with Crippen LogP contribution in [-0.2, 0) is 4.79 Å². The van der Waals surface area contributed by atoms with Crippen LogP contribution in [0, 0.1) is 6.92 Å². The predicted octanol–water partition coefficient (Wildman–Crippen LogP) is 2.56. The van der Waals surface area contributed by atoms with Gasteiger partial charge in [-0.15, -0.1) is 0 Å². The summed E-state index contributed by atoms with van der Waals surface area (Å²) in [6, 6.07) is 10.9. The largest absolute Gasteiger partial charge is 0.383 e. The molecule has 1 aliphatic heterocycles. The summed E-state index contributed by atoms with van der Waals surface area (Å²) in [7, 11) is 0. The number of aromatic nitrogens is 5. The third kappa shape index (κ3) is 5.31. The lowest BCUT2D eigenvalue weighted by Gasteiger charge is -2.16. The summed E-state index contributed by atoms with van der Waals surface area (Å²) >= 11 is 0. The highest BCUT2D eigenvalue weighted by atomic mass is 16.5. The SMILES string of the molecule is Cc1ccnc(NC(=O)c2ccc(-c3nn(C4CCN(CCCC(=O)NO)C4)c4ncnc(N)c34)cc2)c1. The van der Waals surface area contributed by atoms with Crippen molar-refractivity contribution in [3.8, 4) is 11.3 Å². The van der Waals surface area contributed by atoms with Crippen LogP contribution >= 0.6 is 0 Å². The maximum absolute atomic E-state index is 12.7. The molecule has 0 radical (unpaired) electrons. The van der Waals surface area contributed by atoms with Crippen LogP contribution < -0.4 is 16.5 Å². The van der Waals surface area contributed by atoms with Gasteiger partial charge in [0.2, 0.25) is 5.91 Å². The van der Waals surface area contributed by atoms with Gasteiger partial charge in [-0.05, 0) is 56.1 Å². The van der Waals surface area contributed by atoms with Crippen molar-refractivity contribution in [1.29, 1.82) is 0 Å². The Bertz CT molecular complexity index is 1470. The van der Waals surface area contributed by atoms with Crippen LogP contribution in [0.1, 0.15) is 41.2 Å². The first-order chi connectivity index (χ1) is 18.4. The van der Waals surface area contributed by atoms with Crippen LogP contribution in [0.4, 0.5) is 11.6 Å². The number of benzene rings is 1. The van der Waals surface area contributed by atoms with Gasteiger partial charge in [0, 0.05) is 36.8 Å². The Kier molecular flexibility index (Phi) is 7.24. The standard InChI is InChI=1S/C26H29N9O3/c1-16-8-10-28-20(13-16)31-26(37)18-6-4-17(5-7-18)23-22-24(27)29-15-30-25(22)35(32-23)19-9-12-34(14-19)11-2-3-21(36)33-38/h4-8,10,13,15,19,38H,2-3,9,11-12,14H2,1H3,(H,33,36)(H2,27,29,30)(H,28,31,37). The maximum atomic E-state index is 12.7. The van der Waals surface area contributed by atoms with Crippen molar-refractivity contribution in [2.24, 2.45) is 0 Å². The Morgan fingerprint density at radius 2 is 1.97 bits per heavy atom. The lowest BCUT2D eigenvalue weighted by atomic mass is 10.1. The summed E-state index contributed by atoms with van der Waals surface area (Å²) in [4.78, 5) is 39.2. The summed E-state index contributed by atoms with van der Waals surface area (Å²) < 4.78 is 1.91. The van der Waals surface area contributed by atoms with Crippen LogP contribution in [0.2, 0.25) is 0 Å². The van der Waals surface area contributed by atoms with Crippen LogP contribution in [-0.4, -0.2) is 66.3 Å². The fraction of sp³-hybridized carbons (Fsp3) is 0.308. The van der Waals surface area contributed by atoms with E-state index in [9.17, 15) is 9.59 Å². The first-order valence-electron chi connectivity index (χ1n) is 12.4. The van der Waals surface area contributed by atoms with Gasteiger partial charge in [0.15, 0.2) is 5.65 Å². The Morgan fingerprint density at radius 3 is 2.74 bits per heavy atom. The van der Waals surface area contributed by atoms with E-state index in [4.69, 9.17) is 16.0 Å². The molecular formula is C26H29N9O3. The number of amides is 2. The molecule has 38 heavy (non-hydrogen) atoms. The molecule has 196 valence electrons. The van der Waals surface area contributed by atoms with Crippen LogP contribution in [0.25, 0.3) is 22.3 Å². The zero-order valence-electron chi connectivity index (χ0n) is 21.0. The second-order valence-corrected chi connectivity index (χ2v) is 9.38. The van der Waals surface area contributed by atoms with Gasteiger partial charge in [-0.3, -0.25) is 14.8 Å². The number of fused-ring (bicyclic) bond motifs is 1. The number of anilines is 2. The van der Waals surface area contributed by atoms with Gasteiger partial charge in [0.05, 0.1) is 11.4 Å². The van der Waals surface area contributed by atoms with Crippen molar-refractivity contribution in [1.82, 2.24) is 35.1 Å². The Labute approximate surface area is 218 Å². The minimum atomic E-state index is -0.383. The molecule has 1 fully saturated rings. The normalized spacial score (nSPS) is 15.6. The number of hydrogen-bond donors (Lipinski definition) is 4. The van der Waals surface area contributed by atoms with Crippen molar-refractivity contribution in [3.63, 3.8) is 0 Å². The van der Waals surface area contributed by atoms with Gasteiger partial charge in [-0.25, -0.2) is 25.1 Å². The Balaban J connectivity index is 1.36. The lowest BCUT2D eigenvalue weighted by molar-refractivity contribution is -0.129. The molecule has 0 saturated carbocycles. The topological polar surface area (TPSA) is 164 Å². The number of nitrogens with two attached hydrogens (primary N) is 1. The molecule has 0 aliphatic carbocycles. The Hall–Kier alpha value is -4.42. The van der Waals surface area contributed by atoms with E-state index in [1.54, 1.807) is 23.8 Å². The fourth-order valence-corrected chi connectivity index (χ4v) is 4.76. The van der Waals surface area contributed by atoms with E-state index in [0.717, 1.165) is 37.2 Å². The third-order valence-electron chi connectivity index (χ3n) is 6.69. The molecule has 4 heterocycles. The molecule has 12 heteroatoms. The summed E-state index contributed by atoms with van der Waals surface area (Å²) in [5, 5.41) is 17.1. The van der Waals surface area contributed by atoms with E-state index in [2.05, 4.69) is 25.2 Å². The van der Waals surface area contributed by atoms with Crippen molar-refractivity contribution in [2.75, 3.05) is 30.7 Å². The first kappa shape index (κ1) is 25.2. The maximum Gasteiger partial charge on any atom is 0.256 e. The number of carbonyl (C=O) groups excluding carboxylic acids is 2. The smallest absolute Gasteiger partial charge is 0.256 e. The second kappa shape index (κ2) is 10.9. The first-order valence-corrected chi connectivity index (χ1v) is 12.4. The van der Waals surface area contributed by atoms with Crippen molar-refractivity contribution in [3.05, 3.63) is 60.0 Å². The molecule has 1 atom stereocenters. The van der Waals surface area contributed by atoms with Gasteiger partial charge in [-0.1, -0.05) is 12.1 Å². The number of hydroxylamine groups is 1. The number of nitrogens with zero attached hydrogens (tertiary/aromatic N) is 6. The third-order valence-corrected chi connectivity index (χ3v) is 6.69. The van der Waals surface area contributed by atoms with Crippen molar-refractivity contribution in [2.45, 2.75) is 32.2 Å². The van der Waals surface area contributed by atoms with Gasteiger partial charge in [0.1, 0.15) is 23.7 Å².